The zero-order valence-corrected chi connectivity index (χ0v) is 15.7. The number of imidazole rings is 1. The highest BCUT2D eigenvalue weighted by Gasteiger charge is 2.48. The van der Waals surface area contributed by atoms with E-state index >= 15 is 0 Å². The van der Waals surface area contributed by atoms with Gasteiger partial charge in [-0.05, 0) is 12.8 Å². The van der Waals surface area contributed by atoms with Crippen molar-refractivity contribution in [2.45, 2.75) is 45.1 Å². The molecular weight excluding hydrogens is 344 g/mol. The summed E-state index contributed by atoms with van der Waals surface area (Å²) in [6.45, 7) is 5.43. The van der Waals surface area contributed by atoms with Crippen molar-refractivity contribution in [3.63, 3.8) is 0 Å². The molecule has 8 nitrogen and oxygen atoms in total. The molecule has 0 aliphatic carbocycles. The number of hydrogen-bond acceptors (Lipinski definition) is 5. The maximum absolute atomic E-state index is 12.8. The molecule has 8 heteroatoms. The van der Waals surface area contributed by atoms with Gasteiger partial charge in [0.1, 0.15) is 5.82 Å². The van der Waals surface area contributed by atoms with Gasteiger partial charge in [0.2, 0.25) is 5.91 Å². The van der Waals surface area contributed by atoms with Gasteiger partial charge in [-0.3, -0.25) is 9.59 Å². The summed E-state index contributed by atoms with van der Waals surface area (Å²) in [7, 11) is 0. The molecule has 142 valence electrons. The van der Waals surface area contributed by atoms with Crippen molar-refractivity contribution in [1.82, 2.24) is 29.7 Å². The Labute approximate surface area is 158 Å². The summed E-state index contributed by atoms with van der Waals surface area (Å²) >= 11 is 0. The van der Waals surface area contributed by atoms with Gasteiger partial charge in [0.25, 0.3) is 5.91 Å². The molecule has 0 radical (unpaired) electrons. The number of aromatic nitrogens is 4. The van der Waals surface area contributed by atoms with Gasteiger partial charge in [0.05, 0.1) is 23.1 Å². The number of hydrogen-bond donors (Lipinski definition) is 1. The first kappa shape index (κ1) is 17.6. The molecule has 4 heterocycles. The lowest BCUT2D eigenvalue weighted by Crippen LogP contribution is -2.58. The lowest BCUT2D eigenvalue weighted by Gasteiger charge is -2.50. The highest BCUT2D eigenvalue weighted by Crippen LogP contribution is 2.42. The number of nitrogens with one attached hydrogen (secondary N) is 1. The standard InChI is InChI=1S/C19H24N6O2/c1-3-16-20-10-14(11-21-16)18(27)24-8-5-19(6-9-24)17-15(22-12-23-17)4-7-25(19)13(2)26/h10-12H,3-9H2,1-2H3,(H,22,23). The van der Waals surface area contributed by atoms with Crippen LogP contribution in [0.1, 0.15) is 54.3 Å². The SMILES string of the molecule is CCc1ncc(C(=O)N2CCC3(CC2)c2nc[nH]c2CCN3C(C)=O)cn1. The molecule has 0 unspecified atom stereocenters. The van der Waals surface area contributed by atoms with E-state index < -0.39 is 5.54 Å². The first-order chi connectivity index (χ1) is 13.0. The largest absolute Gasteiger partial charge is 0.348 e. The zero-order chi connectivity index (χ0) is 19.0. The second-order valence-corrected chi connectivity index (χ2v) is 7.22. The number of piperidine rings is 1. The van der Waals surface area contributed by atoms with Gasteiger partial charge in [-0.15, -0.1) is 0 Å². The summed E-state index contributed by atoms with van der Waals surface area (Å²) in [5.74, 6) is 0.737. The Bertz CT molecular complexity index is 851. The van der Waals surface area contributed by atoms with Crippen LogP contribution in [0.4, 0.5) is 0 Å². The number of aryl methyl sites for hydroxylation is 1. The fourth-order valence-electron chi connectivity index (χ4n) is 4.35. The molecule has 2 amide bonds. The molecule has 1 spiro atoms. The lowest BCUT2D eigenvalue weighted by atomic mass is 9.78. The Morgan fingerprint density at radius 2 is 1.85 bits per heavy atom. The average Bonchev–Trinajstić information content (AvgIpc) is 3.18. The molecule has 1 fully saturated rings. The summed E-state index contributed by atoms with van der Waals surface area (Å²) in [5, 5.41) is 0. The molecule has 0 aromatic carbocycles. The van der Waals surface area contributed by atoms with Gasteiger partial charge < -0.3 is 14.8 Å². The molecule has 2 aliphatic heterocycles. The van der Waals surface area contributed by atoms with Crippen LogP contribution in [0.15, 0.2) is 18.7 Å². The van der Waals surface area contributed by atoms with Crippen LogP contribution in [0.25, 0.3) is 0 Å². The summed E-state index contributed by atoms with van der Waals surface area (Å²) in [5.41, 5.74) is 2.16. The monoisotopic (exact) mass is 368 g/mol. The molecule has 27 heavy (non-hydrogen) atoms. The molecular formula is C19H24N6O2. The van der Waals surface area contributed by atoms with Crippen LogP contribution in [0, 0.1) is 0 Å². The van der Waals surface area contributed by atoms with Gasteiger partial charge in [-0.2, -0.15) is 0 Å². The molecule has 2 aromatic heterocycles. The van der Waals surface area contributed by atoms with Crippen molar-refractivity contribution >= 4 is 11.8 Å². The van der Waals surface area contributed by atoms with Gasteiger partial charge in [0, 0.05) is 57.5 Å². The van der Waals surface area contributed by atoms with E-state index in [2.05, 4.69) is 19.9 Å². The molecule has 4 rings (SSSR count). The highest BCUT2D eigenvalue weighted by atomic mass is 16.2. The van der Waals surface area contributed by atoms with Gasteiger partial charge >= 0.3 is 0 Å². The quantitative estimate of drug-likeness (QED) is 0.862. The third kappa shape index (κ3) is 2.89. The third-order valence-corrected chi connectivity index (χ3v) is 5.79. The fourth-order valence-corrected chi connectivity index (χ4v) is 4.35. The Morgan fingerprint density at radius 1 is 1.15 bits per heavy atom. The summed E-state index contributed by atoms with van der Waals surface area (Å²) < 4.78 is 0. The predicted octanol–water partition coefficient (Wildman–Crippen LogP) is 1.30. The molecule has 1 saturated heterocycles. The Balaban J connectivity index is 1.55. The number of fused-ring (bicyclic) bond motifs is 2. The molecule has 0 saturated carbocycles. The average molecular weight is 368 g/mol. The number of carbonyl (C=O) groups excluding carboxylic acids is 2. The number of H-pyrrole nitrogens is 1. The smallest absolute Gasteiger partial charge is 0.256 e. The topological polar surface area (TPSA) is 95.1 Å². The Morgan fingerprint density at radius 3 is 2.48 bits per heavy atom. The minimum atomic E-state index is -0.418. The van der Waals surface area contributed by atoms with Crippen molar-refractivity contribution in [1.29, 1.82) is 0 Å². The van der Waals surface area contributed by atoms with E-state index in [1.807, 2.05) is 16.7 Å². The minimum Gasteiger partial charge on any atom is -0.348 e. The number of carbonyl (C=O) groups is 2. The van der Waals surface area contributed by atoms with E-state index in [1.165, 1.54) is 0 Å². The Hall–Kier alpha value is -2.77. The maximum Gasteiger partial charge on any atom is 0.256 e. The molecule has 1 N–H and O–H groups in total. The lowest BCUT2D eigenvalue weighted by molar-refractivity contribution is -0.139. The van der Waals surface area contributed by atoms with Gasteiger partial charge in [0.15, 0.2) is 0 Å². The van der Waals surface area contributed by atoms with Gasteiger partial charge in [-0.1, -0.05) is 6.92 Å². The first-order valence-corrected chi connectivity index (χ1v) is 9.46. The van der Waals surface area contributed by atoms with Crippen molar-refractivity contribution < 1.29 is 9.59 Å². The molecule has 2 aliphatic rings. The normalized spacial score (nSPS) is 18.4. The van der Waals surface area contributed by atoms with Crippen LogP contribution in [0.3, 0.4) is 0 Å². The van der Waals surface area contributed by atoms with E-state index in [0.29, 0.717) is 38.0 Å². The number of nitrogens with zero attached hydrogens (tertiary/aromatic N) is 5. The summed E-state index contributed by atoms with van der Waals surface area (Å²) in [6.07, 6.45) is 7.82. The van der Waals surface area contributed by atoms with E-state index in [1.54, 1.807) is 25.6 Å². The van der Waals surface area contributed by atoms with Crippen LogP contribution >= 0.6 is 0 Å². The van der Waals surface area contributed by atoms with Crippen LogP contribution in [0.5, 0.6) is 0 Å². The number of amides is 2. The summed E-state index contributed by atoms with van der Waals surface area (Å²) in [6, 6.07) is 0. The van der Waals surface area contributed by atoms with Crippen molar-refractivity contribution in [2.75, 3.05) is 19.6 Å². The second kappa shape index (κ2) is 6.75. The van der Waals surface area contributed by atoms with E-state index in [0.717, 1.165) is 30.1 Å². The molecule has 2 aromatic rings. The third-order valence-electron chi connectivity index (χ3n) is 5.79. The number of aromatic amines is 1. The Kier molecular flexibility index (Phi) is 4.41. The predicted molar refractivity (Wildman–Crippen MR) is 97.9 cm³/mol. The zero-order valence-electron chi connectivity index (χ0n) is 15.7. The summed E-state index contributed by atoms with van der Waals surface area (Å²) in [4.78, 5) is 45.1. The van der Waals surface area contributed by atoms with Crippen LogP contribution < -0.4 is 0 Å². The van der Waals surface area contributed by atoms with Crippen molar-refractivity contribution in [2.24, 2.45) is 0 Å². The number of likely N-dealkylation sites (tertiary alicyclic amines) is 1. The van der Waals surface area contributed by atoms with Crippen molar-refractivity contribution in [3.05, 3.63) is 41.5 Å². The second-order valence-electron chi connectivity index (χ2n) is 7.22. The van der Waals surface area contributed by atoms with Crippen molar-refractivity contribution in [3.8, 4) is 0 Å². The minimum absolute atomic E-state index is 0.0556. The van der Waals surface area contributed by atoms with E-state index in [9.17, 15) is 9.59 Å². The fraction of sp³-hybridized carbons (Fsp3) is 0.526. The number of rotatable bonds is 2. The maximum atomic E-state index is 12.8. The van der Waals surface area contributed by atoms with E-state index in [4.69, 9.17) is 0 Å². The van der Waals surface area contributed by atoms with Crippen LogP contribution in [-0.4, -0.2) is 61.2 Å². The highest BCUT2D eigenvalue weighted by molar-refractivity contribution is 5.93. The van der Waals surface area contributed by atoms with Gasteiger partial charge in [-0.25, -0.2) is 15.0 Å². The van der Waals surface area contributed by atoms with Crippen LogP contribution in [-0.2, 0) is 23.2 Å². The molecule has 0 atom stereocenters. The molecule has 0 bridgehead atoms. The van der Waals surface area contributed by atoms with E-state index in [-0.39, 0.29) is 11.8 Å². The van der Waals surface area contributed by atoms with Crippen LogP contribution in [0.2, 0.25) is 0 Å². The first-order valence-electron chi connectivity index (χ1n) is 9.46.